The normalized spacial score (nSPS) is 21.9. The smallest absolute Gasteiger partial charge is 0.321 e. The molecular formula is C14H17FN2O3. The van der Waals surface area contributed by atoms with Crippen molar-refractivity contribution in [3.05, 3.63) is 29.6 Å². The van der Waals surface area contributed by atoms with Crippen molar-refractivity contribution >= 4 is 17.7 Å². The van der Waals surface area contributed by atoms with Crippen LogP contribution >= 0.6 is 0 Å². The summed E-state index contributed by atoms with van der Waals surface area (Å²) < 4.78 is 13.2. The molecule has 1 aromatic carbocycles. The lowest BCUT2D eigenvalue weighted by Gasteiger charge is -2.18. The van der Waals surface area contributed by atoms with E-state index in [2.05, 4.69) is 5.32 Å². The number of carboxylic acid groups (broad SMARTS) is 1. The second kappa shape index (κ2) is 5.48. The standard InChI is InChI=1S/C14H17FN2O3/c1-8-3-4-10(15)5-12(8)16-14(20)17-6-9(2)11(7-17)13(18)19/h3-5,9,11H,6-7H2,1-2H3,(H,16,20)(H,18,19). The van der Waals surface area contributed by atoms with E-state index in [0.717, 1.165) is 5.56 Å². The Bertz CT molecular complexity index is 547. The lowest BCUT2D eigenvalue weighted by Crippen LogP contribution is -2.34. The number of halogens is 1. The zero-order valence-electron chi connectivity index (χ0n) is 11.4. The molecule has 2 N–H and O–H groups in total. The van der Waals surface area contributed by atoms with Crippen LogP contribution in [0.5, 0.6) is 0 Å². The molecule has 0 aliphatic carbocycles. The van der Waals surface area contributed by atoms with Crippen LogP contribution in [-0.2, 0) is 4.79 Å². The van der Waals surface area contributed by atoms with Gasteiger partial charge < -0.3 is 15.3 Å². The average molecular weight is 280 g/mol. The van der Waals surface area contributed by atoms with Crippen molar-refractivity contribution in [2.45, 2.75) is 13.8 Å². The summed E-state index contributed by atoms with van der Waals surface area (Å²) in [5.41, 5.74) is 1.16. The highest BCUT2D eigenvalue weighted by Crippen LogP contribution is 2.24. The molecule has 1 aliphatic rings. The van der Waals surface area contributed by atoms with Crippen molar-refractivity contribution in [3.63, 3.8) is 0 Å². The number of amides is 2. The second-order valence-electron chi connectivity index (χ2n) is 5.22. The van der Waals surface area contributed by atoms with Crippen LogP contribution in [0.2, 0.25) is 0 Å². The molecule has 0 radical (unpaired) electrons. The average Bonchev–Trinajstić information content (AvgIpc) is 2.76. The van der Waals surface area contributed by atoms with E-state index in [1.54, 1.807) is 19.9 Å². The first-order chi connectivity index (χ1) is 9.38. The van der Waals surface area contributed by atoms with Crippen LogP contribution in [0.25, 0.3) is 0 Å². The number of aryl methyl sites for hydroxylation is 1. The molecule has 1 fully saturated rings. The number of hydrogen-bond acceptors (Lipinski definition) is 2. The number of carboxylic acids is 1. The molecule has 6 heteroatoms. The molecule has 2 rings (SSSR count). The minimum atomic E-state index is -0.894. The van der Waals surface area contributed by atoms with Crippen LogP contribution in [0.15, 0.2) is 18.2 Å². The van der Waals surface area contributed by atoms with Crippen molar-refractivity contribution in [1.29, 1.82) is 0 Å². The SMILES string of the molecule is Cc1ccc(F)cc1NC(=O)N1CC(C)C(C(=O)O)C1. The lowest BCUT2D eigenvalue weighted by molar-refractivity contribution is -0.142. The Labute approximate surface area is 116 Å². The number of urea groups is 1. The number of benzene rings is 1. The molecule has 1 aliphatic heterocycles. The van der Waals surface area contributed by atoms with Gasteiger partial charge in [-0.2, -0.15) is 0 Å². The maximum Gasteiger partial charge on any atom is 0.321 e. The predicted molar refractivity (Wildman–Crippen MR) is 72.0 cm³/mol. The molecule has 0 spiro atoms. The highest BCUT2D eigenvalue weighted by Gasteiger charge is 2.37. The van der Waals surface area contributed by atoms with E-state index in [-0.39, 0.29) is 12.5 Å². The van der Waals surface area contributed by atoms with E-state index in [1.165, 1.54) is 17.0 Å². The topological polar surface area (TPSA) is 69.6 Å². The van der Waals surface area contributed by atoms with Gasteiger partial charge in [-0.15, -0.1) is 0 Å². The molecule has 1 saturated heterocycles. The number of carbonyl (C=O) groups excluding carboxylic acids is 1. The van der Waals surface area contributed by atoms with E-state index >= 15 is 0 Å². The van der Waals surface area contributed by atoms with E-state index < -0.39 is 23.7 Å². The maximum absolute atomic E-state index is 13.2. The number of carbonyl (C=O) groups is 2. The van der Waals surface area contributed by atoms with E-state index in [4.69, 9.17) is 5.11 Å². The predicted octanol–water partition coefficient (Wildman–Crippen LogP) is 2.32. The van der Waals surface area contributed by atoms with Crippen LogP contribution in [0.1, 0.15) is 12.5 Å². The third-order valence-corrected chi connectivity index (χ3v) is 3.66. The van der Waals surface area contributed by atoms with Crippen LogP contribution in [0, 0.1) is 24.6 Å². The van der Waals surface area contributed by atoms with Gasteiger partial charge in [-0.25, -0.2) is 9.18 Å². The summed E-state index contributed by atoms with van der Waals surface area (Å²) in [5, 5.41) is 11.7. The molecule has 20 heavy (non-hydrogen) atoms. The fourth-order valence-corrected chi connectivity index (χ4v) is 2.38. The Kier molecular flexibility index (Phi) is 3.92. The second-order valence-corrected chi connectivity index (χ2v) is 5.22. The van der Waals surface area contributed by atoms with Crippen LogP contribution in [-0.4, -0.2) is 35.1 Å². The highest BCUT2D eigenvalue weighted by molar-refractivity contribution is 5.90. The summed E-state index contributed by atoms with van der Waals surface area (Å²) in [6.45, 7) is 4.13. The minimum absolute atomic E-state index is 0.0909. The van der Waals surface area contributed by atoms with Gasteiger partial charge in [0.1, 0.15) is 5.82 Å². The minimum Gasteiger partial charge on any atom is -0.481 e. The quantitative estimate of drug-likeness (QED) is 0.873. The molecule has 108 valence electrons. The summed E-state index contributed by atoms with van der Waals surface area (Å²) in [4.78, 5) is 24.6. The Morgan fingerprint density at radius 3 is 2.70 bits per heavy atom. The van der Waals surface area contributed by atoms with Gasteiger partial charge in [0, 0.05) is 18.8 Å². The van der Waals surface area contributed by atoms with Gasteiger partial charge >= 0.3 is 12.0 Å². The van der Waals surface area contributed by atoms with E-state index in [9.17, 15) is 14.0 Å². The van der Waals surface area contributed by atoms with Crippen molar-refractivity contribution in [1.82, 2.24) is 4.90 Å². The first-order valence-corrected chi connectivity index (χ1v) is 6.43. The summed E-state index contributed by atoms with van der Waals surface area (Å²) in [5.74, 6) is -1.96. The number of nitrogens with zero attached hydrogens (tertiary/aromatic N) is 1. The fraction of sp³-hybridized carbons (Fsp3) is 0.429. The molecule has 2 unspecified atom stereocenters. The Morgan fingerprint density at radius 1 is 1.40 bits per heavy atom. The van der Waals surface area contributed by atoms with Gasteiger partial charge in [-0.1, -0.05) is 13.0 Å². The number of anilines is 1. The largest absolute Gasteiger partial charge is 0.481 e. The zero-order valence-corrected chi connectivity index (χ0v) is 11.4. The van der Waals surface area contributed by atoms with E-state index in [0.29, 0.717) is 12.2 Å². The van der Waals surface area contributed by atoms with Gasteiger partial charge in [0.2, 0.25) is 0 Å². The number of likely N-dealkylation sites (tertiary alicyclic amines) is 1. The lowest BCUT2D eigenvalue weighted by atomic mass is 9.99. The van der Waals surface area contributed by atoms with Gasteiger partial charge in [-0.3, -0.25) is 4.79 Å². The molecule has 1 aromatic rings. The zero-order chi connectivity index (χ0) is 14.9. The number of rotatable bonds is 2. The Balaban J connectivity index is 2.06. The molecule has 2 atom stereocenters. The van der Waals surface area contributed by atoms with Gasteiger partial charge in [0.15, 0.2) is 0 Å². The fourth-order valence-electron chi connectivity index (χ4n) is 2.38. The van der Waals surface area contributed by atoms with Crippen molar-refractivity contribution in [3.8, 4) is 0 Å². The van der Waals surface area contributed by atoms with Crippen LogP contribution in [0.3, 0.4) is 0 Å². The van der Waals surface area contributed by atoms with Gasteiger partial charge in [-0.05, 0) is 30.5 Å². The number of aliphatic carboxylic acids is 1. The first-order valence-electron chi connectivity index (χ1n) is 6.43. The molecular weight excluding hydrogens is 263 g/mol. The Morgan fingerprint density at radius 2 is 2.10 bits per heavy atom. The summed E-state index contributed by atoms with van der Waals surface area (Å²) in [6.07, 6.45) is 0. The first kappa shape index (κ1) is 14.3. The van der Waals surface area contributed by atoms with Gasteiger partial charge in [0.25, 0.3) is 0 Å². The number of hydrogen-bond donors (Lipinski definition) is 2. The summed E-state index contributed by atoms with van der Waals surface area (Å²) in [7, 11) is 0. The Hall–Kier alpha value is -2.11. The van der Waals surface area contributed by atoms with Gasteiger partial charge in [0.05, 0.1) is 5.92 Å². The third kappa shape index (κ3) is 2.89. The maximum atomic E-state index is 13.2. The van der Waals surface area contributed by atoms with Crippen LogP contribution in [0.4, 0.5) is 14.9 Å². The van der Waals surface area contributed by atoms with Crippen molar-refractivity contribution in [2.24, 2.45) is 11.8 Å². The number of nitrogens with one attached hydrogen (secondary N) is 1. The van der Waals surface area contributed by atoms with Crippen molar-refractivity contribution < 1.29 is 19.1 Å². The molecule has 2 amide bonds. The molecule has 0 bridgehead atoms. The molecule has 5 nitrogen and oxygen atoms in total. The monoisotopic (exact) mass is 280 g/mol. The van der Waals surface area contributed by atoms with Crippen LogP contribution < -0.4 is 5.32 Å². The highest BCUT2D eigenvalue weighted by atomic mass is 19.1. The molecule has 0 saturated carbocycles. The van der Waals surface area contributed by atoms with Crippen molar-refractivity contribution in [2.75, 3.05) is 18.4 Å². The third-order valence-electron chi connectivity index (χ3n) is 3.66. The summed E-state index contributed by atoms with van der Waals surface area (Å²) >= 11 is 0. The van der Waals surface area contributed by atoms with E-state index in [1.807, 2.05) is 0 Å². The summed E-state index contributed by atoms with van der Waals surface area (Å²) in [6, 6.07) is 3.76. The molecule has 0 aromatic heterocycles. The molecule has 1 heterocycles.